The van der Waals surface area contributed by atoms with Crippen LogP contribution in [0.15, 0.2) is 30.3 Å². The maximum absolute atomic E-state index is 14.1. The van der Waals surface area contributed by atoms with Crippen molar-refractivity contribution in [3.05, 3.63) is 63.8 Å². The highest BCUT2D eigenvalue weighted by atomic mass is 16.5. The molecular formula is C30H34N4O2. The molecular weight excluding hydrogens is 448 g/mol. The molecule has 0 spiro atoms. The first-order chi connectivity index (χ1) is 21.5. The zero-order valence-corrected chi connectivity index (χ0v) is 20.1. The molecule has 6 rings (SSSR count). The number of benzene rings is 2. The number of aryl methyl sites for hydroxylation is 1. The fourth-order valence-electron chi connectivity index (χ4n) is 5.67. The number of rotatable bonds is 3. The number of fused-ring (bicyclic) bond motifs is 4. The minimum absolute atomic E-state index is 0.194. The van der Waals surface area contributed by atoms with Crippen LogP contribution in [0, 0.1) is 11.3 Å². The minimum atomic E-state index is -3.10. The highest BCUT2D eigenvalue weighted by Crippen LogP contribution is 2.46. The second-order valence-corrected chi connectivity index (χ2v) is 9.66. The monoisotopic (exact) mass is 492 g/mol. The van der Waals surface area contributed by atoms with Crippen LogP contribution in [0.1, 0.15) is 85.6 Å². The van der Waals surface area contributed by atoms with E-state index in [1.54, 1.807) is 18.2 Å². The van der Waals surface area contributed by atoms with Crippen LogP contribution in [0.2, 0.25) is 0 Å². The number of ether oxygens (including phenoxy) is 1. The molecule has 186 valence electrons. The summed E-state index contributed by atoms with van der Waals surface area (Å²) in [6.45, 7) is -9.97. The van der Waals surface area contributed by atoms with Crippen LogP contribution in [-0.2, 0) is 16.6 Å². The third-order valence-corrected chi connectivity index (χ3v) is 7.60. The van der Waals surface area contributed by atoms with Crippen molar-refractivity contribution in [2.45, 2.75) is 51.4 Å². The van der Waals surface area contributed by atoms with Crippen LogP contribution < -0.4 is 4.90 Å². The van der Waals surface area contributed by atoms with Crippen LogP contribution in [0.3, 0.4) is 0 Å². The number of aromatic nitrogens is 1. The molecule has 1 aromatic heterocycles. The number of nitrogens with zero attached hydrogens (tertiary/aromatic N) is 3. The SMILES string of the molecule is [2H]CC1(C[2H])c2cc(N3CCC(N4C([2H])([2H])C([2H])([2H])OC([2H])([2H])C4([2H])[2H])CC3)c(CC)cc2C(=O)c2c1[nH]c1cc(C#N)ccc21. The van der Waals surface area contributed by atoms with Gasteiger partial charge in [0, 0.05) is 73.6 Å². The topological polar surface area (TPSA) is 72.4 Å². The molecule has 2 fully saturated rings. The van der Waals surface area contributed by atoms with Gasteiger partial charge in [-0.05, 0) is 54.7 Å². The van der Waals surface area contributed by atoms with E-state index >= 15 is 0 Å². The number of ketones is 1. The summed E-state index contributed by atoms with van der Waals surface area (Å²) in [4.78, 5) is 20.1. The number of carbonyl (C=O) groups excluding carboxylic acids is 1. The number of morpholine rings is 1. The third-order valence-electron chi connectivity index (χ3n) is 7.60. The summed E-state index contributed by atoms with van der Waals surface area (Å²) in [5, 5.41) is 10.1. The second kappa shape index (κ2) is 8.76. The maximum atomic E-state index is 14.1. The van der Waals surface area contributed by atoms with E-state index in [-0.39, 0.29) is 32.4 Å². The van der Waals surface area contributed by atoms with Crippen molar-refractivity contribution in [1.29, 1.82) is 5.26 Å². The average molecular weight is 493 g/mol. The highest BCUT2D eigenvalue weighted by Gasteiger charge is 2.40. The average Bonchev–Trinajstić information content (AvgIpc) is 3.39. The van der Waals surface area contributed by atoms with Crippen LogP contribution in [0.4, 0.5) is 5.69 Å². The number of hydrogen-bond acceptors (Lipinski definition) is 5. The molecule has 1 aliphatic carbocycles. The molecule has 3 aromatic rings. The van der Waals surface area contributed by atoms with Crippen molar-refractivity contribution in [2.75, 3.05) is 44.1 Å². The lowest BCUT2D eigenvalue weighted by Gasteiger charge is -2.42. The van der Waals surface area contributed by atoms with Gasteiger partial charge in [0.25, 0.3) is 0 Å². The molecule has 3 heterocycles. The van der Waals surface area contributed by atoms with Gasteiger partial charge < -0.3 is 14.6 Å². The van der Waals surface area contributed by atoms with Gasteiger partial charge in [0.1, 0.15) is 0 Å². The zero-order chi connectivity index (χ0) is 33.6. The summed E-state index contributed by atoms with van der Waals surface area (Å²) in [5.74, 6) is -0.223. The van der Waals surface area contributed by atoms with Crippen molar-refractivity contribution >= 4 is 22.4 Å². The Kier molecular flexibility index (Phi) is 3.54. The summed E-state index contributed by atoms with van der Waals surface area (Å²) >= 11 is 0. The fraction of sp³-hybridized carbons (Fsp3) is 0.467. The number of carbonyl (C=O) groups is 1. The molecule has 36 heavy (non-hydrogen) atoms. The molecule has 2 aliphatic heterocycles. The lowest BCUT2D eigenvalue weighted by molar-refractivity contribution is 0.0115. The Morgan fingerprint density at radius 3 is 2.69 bits per heavy atom. The van der Waals surface area contributed by atoms with Crippen molar-refractivity contribution in [1.82, 2.24) is 9.88 Å². The standard InChI is InChI=1S/C30H34N4O2/c1-4-20-16-23-24(17-26(20)34-9-7-21(8-10-34)33-11-13-36-14-12-33)30(2,3)29-27(28(23)35)22-6-5-19(18-31)15-25(22)32-29/h5-6,15-17,21,32H,4,7-14H2,1-3H3/i2D,3D,11D2,12D2,13D2,14D2. The maximum Gasteiger partial charge on any atom is 0.195 e. The van der Waals surface area contributed by atoms with Crippen LogP contribution >= 0.6 is 0 Å². The smallest absolute Gasteiger partial charge is 0.195 e. The van der Waals surface area contributed by atoms with E-state index in [9.17, 15) is 10.1 Å². The number of anilines is 1. The van der Waals surface area contributed by atoms with E-state index in [0.29, 0.717) is 63.3 Å². The van der Waals surface area contributed by atoms with E-state index < -0.39 is 37.6 Å². The van der Waals surface area contributed by atoms with Gasteiger partial charge >= 0.3 is 0 Å². The van der Waals surface area contributed by atoms with Gasteiger partial charge in [0.2, 0.25) is 0 Å². The molecule has 0 saturated carbocycles. The van der Waals surface area contributed by atoms with Gasteiger partial charge in [0.15, 0.2) is 5.78 Å². The van der Waals surface area contributed by atoms with Gasteiger partial charge in [-0.25, -0.2) is 0 Å². The number of aromatic amines is 1. The number of nitrogens with one attached hydrogen (secondary N) is 1. The molecule has 0 radical (unpaired) electrons. The second-order valence-electron chi connectivity index (χ2n) is 9.66. The number of H-pyrrole nitrogens is 1. The Hall–Kier alpha value is -3.14. The molecule has 6 nitrogen and oxygen atoms in total. The first-order valence-corrected chi connectivity index (χ1v) is 12.1. The number of piperidine rings is 1. The quantitative estimate of drug-likeness (QED) is 0.570. The summed E-state index contributed by atoms with van der Waals surface area (Å²) < 4.78 is 88.0. The van der Waals surface area contributed by atoms with E-state index in [4.69, 9.17) is 13.7 Å². The molecule has 3 aliphatic rings. The van der Waals surface area contributed by atoms with Crippen LogP contribution in [0.5, 0.6) is 0 Å². The molecule has 0 bridgehead atoms. The van der Waals surface area contributed by atoms with Crippen molar-refractivity contribution in [2.24, 2.45) is 0 Å². The van der Waals surface area contributed by atoms with Crippen molar-refractivity contribution in [3.8, 4) is 6.07 Å². The first kappa shape index (κ1) is 14.6. The van der Waals surface area contributed by atoms with Crippen LogP contribution in [0.25, 0.3) is 10.9 Å². The fourth-order valence-corrected chi connectivity index (χ4v) is 5.67. The molecule has 1 N–H and O–H groups in total. The summed E-state index contributed by atoms with van der Waals surface area (Å²) in [6, 6.07) is 9.98. The number of nitriles is 1. The lowest BCUT2D eigenvalue weighted by Crippen LogP contribution is -2.49. The largest absolute Gasteiger partial charge is 0.379 e. The zero-order valence-electron chi connectivity index (χ0n) is 30.1. The van der Waals surface area contributed by atoms with Crippen LogP contribution in [-0.4, -0.2) is 60.9 Å². The summed E-state index contributed by atoms with van der Waals surface area (Å²) in [7, 11) is 0. The molecule has 2 saturated heterocycles. The molecule has 2 aromatic carbocycles. The normalized spacial score (nSPS) is 29.9. The van der Waals surface area contributed by atoms with E-state index in [1.807, 2.05) is 24.0 Å². The third kappa shape index (κ3) is 3.56. The van der Waals surface area contributed by atoms with E-state index in [1.165, 1.54) is 0 Å². The molecule has 0 unspecified atom stereocenters. The Bertz CT molecular complexity index is 1750. The summed E-state index contributed by atoms with van der Waals surface area (Å²) in [5.41, 5.74) is 3.36. The van der Waals surface area contributed by atoms with E-state index in [0.717, 1.165) is 11.3 Å². The van der Waals surface area contributed by atoms with E-state index in [2.05, 4.69) is 15.8 Å². The molecule has 0 atom stereocenters. The first-order valence-electron chi connectivity index (χ1n) is 17.5. The van der Waals surface area contributed by atoms with Gasteiger partial charge in [0.05, 0.1) is 35.8 Å². The Morgan fingerprint density at radius 1 is 1.22 bits per heavy atom. The minimum Gasteiger partial charge on any atom is -0.379 e. The Labute approximate surface area is 226 Å². The van der Waals surface area contributed by atoms with Gasteiger partial charge in [-0.2, -0.15) is 5.26 Å². The molecule has 0 amide bonds. The number of hydrogen-bond donors (Lipinski definition) is 1. The molecule has 6 heteroatoms. The predicted octanol–water partition coefficient (Wildman–Crippen LogP) is 4.77. The highest BCUT2D eigenvalue weighted by molar-refractivity contribution is 6.20. The van der Waals surface area contributed by atoms with Gasteiger partial charge in [-0.3, -0.25) is 9.69 Å². The predicted molar refractivity (Wildman–Crippen MR) is 142 cm³/mol. The Morgan fingerprint density at radius 2 is 2.00 bits per heavy atom. The lowest BCUT2D eigenvalue weighted by atomic mass is 9.70. The van der Waals surface area contributed by atoms with Gasteiger partial charge in [-0.1, -0.05) is 26.8 Å². The Balaban J connectivity index is 1.39. The summed E-state index contributed by atoms with van der Waals surface area (Å²) in [6.07, 6.45) is 0.950. The van der Waals surface area contributed by atoms with Crippen molar-refractivity contribution in [3.63, 3.8) is 0 Å². The van der Waals surface area contributed by atoms with Gasteiger partial charge in [-0.15, -0.1) is 0 Å². The van der Waals surface area contributed by atoms with Crippen molar-refractivity contribution < 1.29 is 23.2 Å².